The van der Waals surface area contributed by atoms with Gasteiger partial charge in [-0.15, -0.1) is 0 Å². The minimum absolute atomic E-state index is 0.0516. The third-order valence-electron chi connectivity index (χ3n) is 4.22. The van der Waals surface area contributed by atoms with Gasteiger partial charge in [0.25, 0.3) is 5.69 Å². The number of nitro groups is 1. The van der Waals surface area contributed by atoms with Crippen LogP contribution in [0.3, 0.4) is 0 Å². The zero-order valence-electron chi connectivity index (χ0n) is 15.8. The molecule has 2 N–H and O–H groups in total. The van der Waals surface area contributed by atoms with Gasteiger partial charge in [0.15, 0.2) is 11.5 Å². The summed E-state index contributed by atoms with van der Waals surface area (Å²) >= 11 is 0. The second-order valence-corrected chi connectivity index (χ2v) is 6.64. The van der Waals surface area contributed by atoms with E-state index < -0.39 is 4.92 Å². The fraction of sp³-hybridized carbons (Fsp3) is 0.400. The second kappa shape index (κ2) is 9.89. The zero-order chi connectivity index (χ0) is 19.8. The lowest BCUT2D eigenvalue weighted by Gasteiger charge is -2.16. The van der Waals surface area contributed by atoms with Crippen molar-refractivity contribution in [3.8, 4) is 11.5 Å². The number of nitrogens with one attached hydrogen (secondary N) is 1. The Labute approximate surface area is 159 Å². The number of methoxy groups -OCH3 is 1. The Morgan fingerprint density at radius 3 is 2.37 bits per heavy atom. The molecule has 1 unspecified atom stereocenters. The van der Waals surface area contributed by atoms with E-state index in [1.54, 1.807) is 19.2 Å². The van der Waals surface area contributed by atoms with E-state index in [2.05, 4.69) is 5.32 Å². The van der Waals surface area contributed by atoms with E-state index in [1.165, 1.54) is 12.1 Å². The lowest BCUT2D eigenvalue weighted by Crippen LogP contribution is -2.30. The molecule has 0 spiro atoms. The maximum atomic E-state index is 10.7. The zero-order valence-corrected chi connectivity index (χ0v) is 15.8. The lowest BCUT2D eigenvalue weighted by atomic mass is 10.1. The average Bonchev–Trinajstić information content (AvgIpc) is 2.66. The number of nitro benzene ring substituents is 1. The average molecular weight is 374 g/mol. The first-order valence-electron chi connectivity index (χ1n) is 8.82. The maximum Gasteiger partial charge on any atom is 0.269 e. The van der Waals surface area contributed by atoms with Crippen LogP contribution in [0.1, 0.15) is 25.0 Å². The molecule has 2 aromatic rings. The van der Waals surface area contributed by atoms with Gasteiger partial charge >= 0.3 is 0 Å². The standard InChI is InChI=1S/C20H26N2O5/c1-14(2)18(23)12-21-11-16-6-9-19(20(10-16)26-3)27-13-15-4-7-17(8-5-15)22(24)25/h4-10,14,18,21,23H,11-13H2,1-3H3. The van der Waals surface area contributed by atoms with Crippen molar-refractivity contribution in [1.29, 1.82) is 0 Å². The van der Waals surface area contributed by atoms with Crippen molar-refractivity contribution in [3.05, 3.63) is 63.7 Å². The van der Waals surface area contributed by atoms with Crippen molar-refractivity contribution >= 4 is 5.69 Å². The smallest absolute Gasteiger partial charge is 0.269 e. The summed E-state index contributed by atoms with van der Waals surface area (Å²) in [5.74, 6) is 1.42. The molecule has 0 fully saturated rings. The van der Waals surface area contributed by atoms with Gasteiger partial charge in [0.2, 0.25) is 0 Å². The van der Waals surface area contributed by atoms with Gasteiger partial charge in [-0.2, -0.15) is 0 Å². The Hall–Kier alpha value is -2.64. The molecule has 0 radical (unpaired) electrons. The lowest BCUT2D eigenvalue weighted by molar-refractivity contribution is -0.384. The first-order chi connectivity index (χ1) is 12.9. The van der Waals surface area contributed by atoms with E-state index in [1.807, 2.05) is 32.0 Å². The minimum Gasteiger partial charge on any atom is -0.493 e. The van der Waals surface area contributed by atoms with Gasteiger partial charge in [-0.1, -0.05) is 19.9 Å². The Bertz CT molecular complexity index is 747. The summed E-state index contributed by atoms with van der Waals surface area (Å²) in [7, 11) is 1.58. The molecule has 0 bridgehead atoms. The fourth-order valence-electron chi connectivity index (χ4n) is 2.42. The molecule has 0 aliphatic heterocycles. The van der Waals surface area contributed by atoms with Crippen LogP contribution in [-0.4, -0.2) is 29.8 Å². The van der Waals surface area contributed by atoms with Crippen LogP contribution in [0.4, 0.5) is 5.69 Å². The summed E-state index contributed by atoms with van der Waals surface area (Å²) in [5.41, 5.74) is 1.90. The molecule has 0 aliphatic carbocycles. The number of aliphatic hydroxyl groups is 1. The largest absolute Gasteiger partial charge is 0.493 e. The molecule has 0 saturated carbocycles. The predicted octanol–water partition coefficient (Wildman–Crippen LogP) is 3.29. The minimum atomic E-state index is -0.430. The second-order valence-electron chi connectivity index (χ2n) is 6.64. The number of hydrogen-bond acceptors (Lipinski definition) is 6. The van der Waals surface area contributed by atoms with E-state index in [4.69, 9.17) is 9.47 Å². The van der Waals surface area contributed by atoms with Gasteiger partial charge in [0.05, 0.1) is 18.1 Å². The number of nitrogens with zero attached hydrogens (tertiary/aromatic N) is 1. The van der Waals surface area contributed by atoms with Crippen LogP contribution in [0.25, 0.3) is 0 Å². The number of benzene rings is 2. The SMILES string of the molecule is COc1cc(CNCC(O)C(C)C)ccc1OCc1ccc([N+](=O)[O-])cc1. The molecule has 0 heterocycles. The van der Waals surface area contributed by atoms with Crippen molar-refractivity contribution in [3.63, 3.8) is 0 Å². The first kappa shape index (κ1) is 20.7. The first-order valence-corrected chi connectivity index (χ1v) is 8.82. The number of aliphatic hydroxyl groups excluding tert-OH is 1. The normalized spacial score (nSPS) is 12.0. The highest BCUT2D eigenvalue weighted by Gasteiger charge is 2.10. The topological polar surface area (TPSA) is 93.9 Å². The molecule has 2 aromatic carbocycles. The molecule has 27 heavy (non-hydrogen) atoms. The molecule has 0 saturated heterocycles. The summed E-state index contributed by atoms with van der Waals surface area (Å²) in [5, 5.41) is 23.7. The highest BCUT2D eigenvalue weighted by molar-refractivity contribution is 5.43. The quantitative estimate of drug-likeness (QED) is 0.490. The Balaban J connectivity index is 1.94. The highest BCUT2D eigenvalue weighted by atomic mass is 16.6. The molecule has 1 atom stereocenters. The van der Waals surface area contributed by atoms with E-state index in [0.717, 1.165) is 11.1 Å². The molecular weight excluding hydrogens is 348 g/mol. The molecule has 0 aliphatic rings. The van der Waals surface area contributed by atoms with Crippen molar-refractivity contribution in [2.45, 2.75) is 33.1 Å². The molecule has 146 valence electrons. The van der Waals surface area contributed by atoms with Crippen molar-refractivity contribution in [1.82, 2.24) is 5.32 Å². The van der Waals surface area contributed by atoms with Crippen molar-refractivity contribution in [2.24, 2.45) is 5.92 Å². The monoisotopic (exact) mass is 374 g/mol. The molecule has 7 nitrogen and oxygen atoms in total. The molecule has 7 heteroatoms. The van der Waals surface area contributed by atoms with Crippen LogP contribution >= 0.6 is 0 Å². The third-order valence-corrected chi connectivity index (χ3v) is 4.22. The molecular formula is C20H26N2O5. The molecule has 0 aromatic heterocycles. The summed E-state index contributed by atoms with van der Waals surface area (Å²) in [6.45, 7) is 5.38. The Morgan fingerprint density at radius 2 is 1.78 bits per heavy atom. The van der Waals surface area contributed by atoms with Gasteiger partial charge in [-0.25, -0.2) is 0 Å². The van der Waals surface area contributed by atoms with Crippen molar-refractivity contribution in [2.75, 3.05) is 13.7 Å². The van der Waals surface area contributed by atoms with Crippen LogP contribution in [0.5, 0.6) is 11.5 Å². The van der Waals surface area contributed by atoms with E-state index in [0.29, 0.717) is 24.6 Å². The number of ether oxygens (including phenoxy) is 2. The summed E-state index contributed by atoms with van der Waals surface area (Å²) in [6.07, 6.45) is -0.379. The van der Waals surface area contributed by atoms with Gasteiger partial charge in [-0.05, 0) is 41.3 Å². The van der Waals surface area contributed by atoms with Gasteiger partial charge in [0, 0.05) is 25.2 Å². The van der Waals surface area contributed by atoms with Crippen LogP contribution in [0.2, 0.25) is 0 Å². The van der Waals surface area contributed by atoms with Gasteiger partial charge in [0.1, 0.15) is 6.61 Å². The third kappa shape index (κ3) is 6.23. The van der Waals surface area contributed by atoms with Crippen LogP contribution < -0.4 is 14.8 Å². The predicted molar refractivity (Wildman–Crippen MR) is 103 cm³/mol. The Morgan fingerprint density at radius 1 is 1.11 bits per heavy atom. The Kier molecular flexibility index (Phi) is 7.57. The van der Waals surface area contributed by atoms with E-state index >= 15 is 0 Å². The number of hydrogen-bond donors (Lipinski definition) is 2. The van der Waals surface area contributed by atoms with Crippen LogP contribution in [0.15, 0.2) is 42.5 Å². The number of non-ortho nitro benzene ring substituents is 1. The fourth-order valence-corrected chi connectivity index (χ4v) is 2.42. The van der Waals surface area contributed by atoms with Crippen LogP contribution in [0, 0.1) is 16.0 Å². The number of rotatable bonds is 10. The van der Waals surface area contributed by atoms with Crippen molar-refractivity contribution < 1.29 is 19.5 Å². The van der Waals surface area contributed by atoms with Crippen LogP contribution in [-0.2, 0) is 13.2 Å². The van der Waals surface area contributed by atoms with E-state index in [9.17, 15) is 15.2 Å². The summed E-state index contributed by atoms with van der Waals surface area (Å²) < 4.78 is 11.2. The molecule has 2 rings (SSSR count). The highest BCUT2D eigenvalue weighted by Crippen LogP contribution is 2.29. The maximum absolute atomic E-state index is 10.7. The molecule has 0 amide bonds. The summed E-state index contributed by atoms with van der Waals surface area (Å²) in [4.78, 5) is 10.3. The van der Waals surface area contributed by atoms with Gasteiger partial charge < -0.3 is 19.9 Å². The van der Waals surface area contributed by atoms with E-state index in [-0.39, 0.29) is 24.3 Å². The summed E-state index contributed by atoms with van der Waals surface area (Å²) in [6, 6.07) is 11.9. The van der Waals surface area contributed by atoms with Gasteiger partial charge in [-0.3, -0.25) is 10.1 Å².